The van der Waals surface area contributed by atoms with Gasteiger partial charge in [0, 0.05) is 6.42 Å². The molecule has 0 atom stereocenters. The van der Waals surface area contributed by atoms with E-state index in [2.05, 4.69) is 6.92 Å². The van der Waals surface area contributed by atoms with Gasteiger partial charge >= 0.3 is 5.97 Å². The van der Waals surface area contributed by atoms with Crippen LogP contribution in [0.2, 0.25) is 0 Å². The third-order valence-electron chi connectivity index (χ3n) is 2.04. The second-order valence-corrected chi connectivity index (χ2v) is 3.44. The van der Waals surface area contributed by atoms with E-state index in [4.69, 9.17) is 4.74 Å². The summed E-state index contributed by atoms with van der Waals surface area (Å²) in [5.74, 6) is -0.0967. The molecule has 0 unspecified atom stereocenters. The topological polar surface area (TPSA) is 46.2 Å². The van der Waals surface area contributed by atoms with Crippen LogP contribution in [0.4, 0.5) is 0 Å². The summed E-state index contributed by atoms with van der Waals surface area (Å²) in [6.07, 6.45) is 5.98. The van der Waals surface area contributed by atoms with Crippen LogP contribution in [-0.2, 0) is 14.6 Å². The van der Waals surface area contributed by atoms with Gasteiger partial charge in [0.25, 0.3) is 0 Å². The van der Waals surface area contributed by atoms with Crippen LogP contribution in [0.5, 0.6) is 0 Å². The lowest BCUT2D eigenvalue weighted by atomic mass is 10.1. The maximum atomic E-state index is 11.1. The summed E-state index contributed by atoms with van der Waals surface area (Å²) in [6, 6.07) is 0. The number of carbonyl (C=O) groups is 1. The van der Waals surface area contributed by atoms with Crippen LogP contribution in [0.15, 0.2) is 0 Å². The largest absolute Gasteiger partial charge is 0.466 e. The van der Waals surface area contributed by atoms with Crippen molar-refractivity contribution in [3.05, 3.63) is 0 Å². The van der Waals surface area contributed by atoms with E-state index in [-0.39, 0.29) is 12.6 Å². The SMILES string of the molecule is CCCCOC(=O)CCCCCC[O]. The number of hydrogen-bond acceptors (Lipinski definition) is 2. The van der Waals surface area contributed by atoms with Gasteiger partial charge in [-0.2, -0.15) is 0 Å². The molecule has 0 bridgehead atoms. The van der Waals surface area contributed by atoms with Crippen LogP contribution < -0.4 is 0 Å². The highest BCUT2D eigenvalue weighted by atomic mass is 16.5. The molecule has 0 saturated carbocycles. The third-order valence-corrected chi connectivity index (χ3v) is 2.04. The van der Waals surface area contributed by atoms with Gasteiger partial charge in [0.1, 0.15) is 0 Å². The van der Waals surface area contributed by atoms with Crippen molar-refractivity contribution in [3.63, 3.8) is 0 Å². The van der Waals surface area contributed by atoms with Crippen molar-refractivity contribution in [1.82, 2.24) is 0 Å². The maximum Gasteiger partial charge on any atom is 0.305 e. The number of unbranched alkanes of at least 4 members (excludes halogenated alkanes) is 4. The summed E-state index contributed by atoms with van der Waals surface area (Å²) >= 11 is 0. The molecule has 0 spiro atoms. The molecule has 0 aliphatic heterocycles. The summed E-state index contributed by atoms with van der Waals surface area (Å²) < 4.78 is 4.99. The molecular formula is C11H21O3. The second-order valence-electron chi connectivity index (χ2n) is 3.44. The fraction of sp³-hybridized carbons (Fsp3) is 0.909. The minimum Gasteiger partial charge on any atom is -0.466 e. The average molecular weight is 201 g/mol. The van der Waals surface area contributed by atoms with Gasteiger partial charge in [-0.15, -0.1) is 0 Å². The summed E-state index contributed by atoms with van der Waals surface area (Å²) in [6.45, 7) is 2.62. The van der Waals surface area contributed by atoms with Crippen molar-refractivity contribution in [3.8, 4) is 0 Å². The zero-order valence-electron chi connectivity index (χ0n) is 9.09. The second kappa shape index (κ2) is 10.5. The van der Waals surface area contributed by atoms with Gasteiger partial charge < -0.3 is 4.74 Å². The molecule has 0 saturated heterocycles. The number of rotatable bonds is 9. The van der Waals surface area contributed by atoms with E-state index >= 15 is 0 Å². The molecule has 0 aromatic carbocycles. The van der Waals surface area contributed by atoms with E-state index in [1.54, 1.807) is 0 Å². The monoisotopic (exact) mass is 201 g/mol. The molecular weight excluding hydrogens is 180 g/mol. The van der Waals surface area contributed by atoms with Crippen LogP contribution in [0, 0.1) is 0 Å². The van der Waals surface area contributed by atoms with Crippen molar-refractivity contribution in [2.75, 3.05) is 13.2 Å². The van der Waals surface area contributed by atoms with Gasteiger partial charge in [0.15, 0.2) is 0 Å². The van der Waals surface area contributed by atoms with Gasteiger partial charge in [-0.3, -0.25) is 4.79 Å². The summed E-state index contributed by atoms with van der Waals surface area (Å²) in [4.78, 5) is 11.1. The smallest absolute Gasteiger partial charge is 0.305 e. The number of hydrogen-bond donors (Lipinski definition) is 0. The minimum absolute atomic E-state index is 0.000939. The Morgan fingerprint density at radius 2 is 1.79 bits per heavy atom. The Morgan fingerprint density at radius 3 is 2.43 bits per heavy atom. The van der Waals surface area contributed by atoms with Crippen molar-refractivity contribution in [2.24, 2.45) is 0 Å². The van der Waals surface area contributed by atoms with E-state index in [1.807, 2.05) is 0 Å². The van der Waals surface area contributed by atoms with Crippen LogP contribution in [-0.4, -0.2) is 19.2 Å². The van der Waals surface area contributed by atoms with Crippen LogP contribution in [0.1, 0.15) is 51.9 Å². The Hall–Kier alpha value is -0.570. The summed E-state index contributed by atoms with van der Waals surface area (Å²) in [5.41, 5.74) is 0. The molecule has 0 heterocycles. The van der Waals surface area contributed by atoms with E-state index in [0.29, 0.717) is 13.0 Å². The predicted molar refractivity (Wildman–Crippen MR) is 54.5 cm³/mol. The lowest BCUT2D eigenvalue weighted by Crippen LogP contribution is -2.05. The first-order valence-electron chi connectivity index (χ1n) is 5.55. The molecule has 0 aliphatic carbocycles. The van der Waals surface area contributed by atoms with E-state index in [1.165, 1.54) is 0 Å². The van der Waals surface area contributed by atoms with Gasteiger partial charge in [0.2, 0.25) is 0 Å². The Labute approximate surface area is 86.5 Å². The third kappa shape index (κ3) is 9.52. The van der Waals surface area contributed by atoms with Crippen molar-refractivity contribution >= 4 is 5.97 Å². The Kier molecular flexibility index (Phi) is 10.1. The lowest BCUT2D eigenvalue weighted by molar-refractivity contribution is -0.143. The number of esters is 1. The zero-order valence-corrected chi connectivity index (χ0v) is 9.09. The highest BCUT2D eigenvalue weighted by Gasteiger charge is 2.01. The molecule has 0 aromatic rings. The van der Waals surface area contributed by atoms with Crippen molar-refractivity contribution in [2.45, 2.75) is 51.9 Å². The number of ether oxygens (including phenoxy) is 1. The average Bonchev–Trinajstić information content (AvgIpc) is 2.18. The van der Waals surface area contributed by atoms with E-state index < -0.39 is 0 Å². The quantitative estimate of drug-likeness (QED) is 0.425. The molecule has 3 nitrogen and oxygen atoms in total. The van der Waals surface area contributed by atoms with Gasteiger partial charge in [-0.1, -0.05) is 26.2 Å². The molecule has 3 heteroatoms. The fourth-order valence-corrected chi connectivity index (χ4v) is 1.13. The van der Waals surface area contributed by atoms with Gasteiger partial charge in [-0.05, 0) is 19.3 Å². The molecule has 0 rings (SSSR count). The highest BCUT2D eigenvalue weighted by Crippen LogP contribution is 2.04. The zero-order chi connectivity index (χ0) is 10.6. The Morgan fingerprint density at radius 1 is 1.07 bits per heavy atom. The summed E-state index contributed by atoms with van der Waals surface area (Å²) in [5, 5.41) is 10.1. The normalized spacial score (nSPS) is 10.1. The molecule has 14 heavy (non-hydrogen) atoms. The van der Waals surface area contributed by atoms with E-state index in [9.17, 15) is 9.90 Å². The highest BCUT2D eigenvalue weighted by molar-refractivity contribution is 5.69. The molecule has 0 fully saturated rings. The van der Waals surface area contributed by atoms with Crippen molar-refractivity contribution < 1.29 is 14.6 Å². The maximum absolute atomic E-state index is 11.1. The van der Waals surface area contributed by atoms with E-state index in [0.717, 1.165) is 38.5 Å². The fourth-order valence-electron chi connectivity index (χ4n) is 1.13. The Balaban J connectivity index is 3.10. The Bertz CT molecular complexity index is 134. The van der Waals surface area contributed by atoms with Gasteiger partial charge in [-0.25, -0.2) is 5.11 Å². The minimum atomic E-state index is -0.0967. The first-order chi connectivity index (χ1) is 6.81. The molecule has 0 amide bonds. The molecule has 1 radical (unpaired) electrons. The van der Waals surface area contributed by atoms with Crippen molar-refractivity contribution in [1.29, 1.82) is 0 Å². The summed E-state index contributed by atoms with van der Waals surface area (Å²) in [7, 11) is 0. The van der Waals surface area contributed by atoms with Crippen LogP contribution in [0.25, 0.3) is 0 Å². The van der Waals surface area contributed by atoms with Crippen LogP contribution >= 0.6 is 0 Å². The van der Waals surface area contributed by atoms with Crippen LogP contribution in [0.3, 0.4) is 0 Å². The first kappa shape index (κ1) is 13.4. The lowest BCUT2D eigenvalue weighted by Gasteiger charge is -2.03. The van der Waals surface area contributed by atoms with Gasteiger partial charge in [0.05, 0.1) is 13.2 Å². The molecule has 0 aromatic heterocycles. The number of carbonyl (C=O) groups excluding carboxylic acids is 1. The standard InChI is InChI=1S/C11H21O3/c1-2-3-10-14-11(13)8-6-4-5-7-9-12/h2-10H2,1H3. The molecule has 83 valence electrons. The first-order valence-corrected chi connectivity index (χ1v) is 5.55. The molecule has 0 aliphatic rings. The predicted octanol–water partition coefficient (Wildman–Crippen LogP) is 2.71. The molecule has 0 N–H and O–H groups in total.